The Kier molecular flexibility index (Phi) is 7.97. The molecule has 1 aromatic carbocycles. The van der Waals surface area contributed by atoms with E-state index in [1.54, 1.807) is 4.90 Å². The predicted octanol–water partition coefficient (Wildman–Crippen LogP) is 3.31. The predicted molar refractivity (Wildman–Crippen MR) is 139 cm³/mol. The minimum absolute atomic E-state index is 0.0775. The van der Waals surface area contributed by atoms with E-state index >= 15 is 0 Å². The summed E-state index contributed by atoms with van der Waals surface area (Å²) >= 11 is 6.67. The molecule has 1 fully saturated rings. The number of benzene rings is 1. The first-order chi connectivity index (χ1) is 18.0. The molecule has 3 aromatic rings. The van der Waals surface area contributed by atoms with E-state index in [0.717, 1.165) is 23.5 Å². The van der Waals surface area contributed by atoms with Crippen molar-refractivity contribution in [3.05, 3.63) is 78.9 Å². The van der Waals surface area contributed by atoms with Gasteiger partial charge in [-0.3, -0.25) is 14.2 Å². The molecule has 0 atom stereocenters. The summed E-state index contributed by atoms with van der Waals surface area (Å²) in [6.07, 6.45) is -1.72. The molecule has 0 bridgehead atoms. The zero-order valence-corrected chi connectivity index (χ0v) is 21.8. The van der Waals surface area contributed by atoms with E-state index in [1.165, 1.54) is 34.9 Å². The smallest absolute Gasteiger partial charge is 0.417 e. The first-order valence-corrected chi connectivity index (χ1v) is 12.6. The average molecular weight is 563 g/mol. The second kappa shape index (κ2) is 11.0. The molecule has 1 aliphatic rings. The third kappa shape index (κ3) is 5.62. The van der Waals surface area contributed by atoms with Crippen LogP contribution < -0.4 is 14.8 Å². The summed E-state index contributed by atoms with van der Waals surface area (Å²) in [6, 6.07) is 8.39. The Morgan fingerprint density at radius 1 is 1.24 bits per heavy atom. The molecule has 38 heavy (non-hydrogen) atoms. The van der Waals surface area contributed by atoms with Crippen molar-refractivity contribution in [2.45, 2.75) is 12.7 Å². The zero-order chi connectivity index (χ0) is 27.6. The van der Waals surface area contributed by atoms with Crippen LogP contribution in [0.5, 0.6) is 0 Å². The maximum absolute atomic E-state index is 13.3. The number of halogens is 4. The number of furan rings is 1. The van der Waals surface area contributed by atoms with Crippen LogP contribution in [0.1, 0.15) is 11.3 Å². The van der Waals surface area contributed by atoms with Crippen molar-refractivity contribution < 1.29 is 22.4 Å². The lowest BCUT2D eigenvalue weighted by atomic mass is 10.1. The largest absolute Gasteiger partial charge is 0.457 e. The van der Waals surface area contributed by atoms with Crippen LogP contribution in [0, 0.1) is 11.3 Å². The number of hydrogen-bond acceptors (Lipinski definition) is 6. The molecule has 12 heteroatoms. The molecule has 0 saturated carbocycles. The van der Waals surface area contributed by atoms with Crippen molar-refractivity contribution in [3.63, 3.8) is 0 Å². The number of thiazole rings is 1. The molecule has 1 saturated heterocycles. The molecule has 0 radical (unpaired) electrons. The van der Waals surface area contributed by atoms with Crippen LogP contribution in [0.3, 0.4) is 0 Å². The maximum atomic E-state index is 13.3. The third-order valence-electron chi connectivity index (χ3n) is 6.01. The summed E-state index contributed by atoms with van der Waals surface area (Å²) in [6.45, 7) is 6.01. The number of hydrogen-bond donors (Lipinski definition) is 0. The Bertz CT molecular complexity index is 1610. The number of rotatable bonds is 5. The van der Waals surface area contributed by atoms with E-state index in [2.05, 4.69) is 11.5 Å². The number of nitriles is 1. The van der Waals surface area contributed by atoms with E-state index in [4.69, 9.17) is 16.0 Å². The van der Waals surface area contributed by atoms with Gasteiger partial charge in [0.25, 0.3) is 11.5 Å². The summed E-state index contributed by atoms with van der Waals surface area (Å²) in [5, 5.41) is 9.42. The van der Waals surface area contributed by atoms with Crippen molar-refractivity contribution in [1.29, 1.82) is 5.26 Å². The highest BCUT2D eigenvalue weighted by atomic mass is 35.5. The second-order valence-corrected chi connectivity index (χ2v) is 10.0. The fourth-order valence-electron chi connectivity index (χ4n) is 3.97. The van der Waals surface area contributed by atoms with Crippen LogP contribution in [-0.2, 0) is 17.5 Å². The van der Waals surface area contributed by atoms with Crippen LogP contribution in [0.25, 0.3) is 23.0 Å². The minimum Gasteiger partial charge on any atom is -0.457 e. The van der Waals surface area contributed by atoms with Gasteiger partial charge in [0.15, 0.2) is 5.57 Å². The number of aromatic nitrogens is 1. The van der Waals surface area contributed by atoms with Crippen molar-refractivity contribution in [2.75, 3.05) is 33.2 Å². The van der Waals surface area contributed by atoms with E-state index in [9.17, 15) is 28.0 Å². The number of likely N-dealkylation sites (N-methyl/N-ethyl adjacent to an activating group) is 1. The second-order valence-electron chi connectivity index (χ2n) is 8.60. The fourth-order valence-corrected chi connectivity index (χ4v) is 5.27. The lowest BCUT2D eigenvalue weighted by Gasteiger charge is -2.32. The molecule has 1 aliphatic heterocycles. The van der Waals surface area contributed by atoms with Crippen LogP contribution in [0.2, 0.25) is 5.02 Å². The molecule has 4 rings (SSSR count). The molecule has 2 aromatic heterocycles. The topological polar surface area (TPSA) is 82.5 Å². The Labute approximate surface area is 224 Å². The normalized spacial score (nSPS) is 15.9. The number of amides is 1. The molecule has 7 nitrogen and oxygen atoms in total. The fraction of sp³-hybridized carbons (Fsp3) is 0.269. The van der Waals surface area contributed by atoms with E-state index in [0.29, 0.717) is 26.2 Å². The summed E-state index contributed by atoms with van der Waals surface area (Å²) in [5.74, 6) is -0.0890. The monoisotopic (exact) mass is 562 g/mol. The zero-order valence-electron chi connectivity index (χ0n) is 20.2. The van der Waals surface area contributed by atoms with Gasteiger partial charge < -0.3 is 14.2 Å². The molecule has 0 unspecified atom stereocenters. The van der Waals surface area contributed by atoms with E-state index in [-0.39, 0.29) is 38.4 Å². The molecule has 0 N–H and O–H groups in total. The Balaban J connectivity index is 1.77. The van der Waals surface area contributed by atoms with Gasteiger partial charge in [0.05, 0.1) is 15.1 Å². The quantitative estimate of drug-likeness (QED) is 0.446. The van der Waals surface area contributed by atoms with Crippen molar-refractivity contribution >= 4 is 40.5 Å². The molecular weight excluding hydrogens is 541 g/mol. The van der Waals surface area contributed by atoms with Gasteiger partial charge in [-0.05, 0) is 37.4 Å². The highest BCUT2D eigenvalue weighted by Crippen LogP contribution is 2.37. The number of allylic oxidation sites excluding steroid dienone is 1. The first-order valence-electron chi connectivity index (χ1n) is 11.4. The maximum Gasteiger partial charge on any atom is 0.417 e. The number of nitrogens with zero attached hydrogens (tertiary/aromatic N) is 4. The molecule has 0 spiro atoms. The van der Waals surface area contributed by atoms with Gasteiger partial charge in [-0.25, -0.2) is 0 Å². The third-order valence-corrected chi connectivity index (χ3v) is 7.47. The Morgan fingerprint density at radius 3 is 2.58 bits per heavy atom. The van der Waals surface area contributed by atoms with Crippen LogP contribution >= 0.6 is 22.9 Å². The highest BCUT2D eigenvalue weighted by molar-refractivity contribution is 7.07. The van der Waals surface area contributed by atoms with Gasteiger partial charge in [-0.2, -0.15) is 18.4 Å². The summed E-state index contributed by atoms with van der Waals surface area (Å²) in [4.78, 5) is 30.0. The minimum atomic E-state index is -4.63. The van der Waals surface area contributed by atoms with Gasteiger partial charge >= 0.3 is 6.18 Å². The first kappa shape index (κ1) is 27.4. The molecule has 3 heterocycles. The van der Waals surface area contributed by atoms with Crippen LogP contribution in [0.15, 0.2) is 52.2 Å². The molecule has 1 amide bonds. The number of alkyl halides is 3. The van der Waals surface area contributed by atoms with Crippen LogP contribution in [0.4, 0.5) is 13.2 Å². The summed E-state index contributed by atoms with van der Waals surface area (Å²) in [7, 11) is 1.95. The lowest BCUT2D eigenvalue weighted by molar-refractivity contribution is -0.137. The standard InChI is InChI=1S/C26H22ClF3N4O3S/c1-3-8-34-24(36)22(38-25(34)18(15-31)23(35)33-11-9-32(2)10-12-33)14-17-5-7-21(37-17)16-4-6-20(27)19(13-16)26(28,29)30/h3-7,13-14H,1,8-12H2,2H3/b22-14-,25-18+. The van der Waals surface area contributed by atoms with Crippen molar-refractivity contribution in [1.82, 2.24) is 14.4 Å². The van der Waals surface area contributed by atoms with Crippen LogP contribution in [-0.4, -0.2) is 53.5 Å². The van der Waals surface area contributed by atoms with Gasteiger partial charge in [-0.15, -0.1) is 17.9 Å². The molecule has 198 valence electrons. The molecule has 0 aliphatic carbocycles. The SMILES string of the molecule is C=CCn1c(=O)/c(=C/c2ccc(-c3ccc(Cl)c(C(F)(F)F)c3)o2)s/c1=C(\C#N)C(=O)N1CCN(C)CC1. The van der Waals surface area contributed by atoms with Gasteiger partial charge in [0, 0.05) is 44.4 Å². The lowest BCUT2D eigenvalue weighted by Crippen LogP contribution is -2.48. The van der Waals surface area contributed by atoms with Crippen molar-refractivity contribution in [2.24, 2.45) is 0 Å². The van der Waals surface area contributed by atoms with Gasteiger partial charge in [0.2, 0.25) is 0 Å². The van der Waals surface area contributed by atoms with E-state index < -0.39 is 28.2 Å². The highest BCUT2D eigenvalue weighted by Gasteiger charge is 2.33. The van der Waals surface area contributed by atoms with Crippen molar-refractivity contribution in [3.8, 4) is 17.4 Å². The Hall–Kier alpha value is -3.59. The number of piperazine rings is 1. The van der Waals surface area contributed by atoms with Gasteiger partial charge in [0.1, 0.15) is 22.3 Å². The van der Waals surface area contributed by atoms with E-state index in [1.807, 2.05) is 13.1 Å². The molecular formula is C26H22ClF3N4O3S. The number of carbonyl (C=O) groups excluding carboxylic acids is 1. The number of carbonyl (C=O) groups is 1. The summed E-state index contributed by atoms with van der Waals surface area (Å²) in [5.41, 5.74) is -1.42. The summed E-state index contributed by atoms with van der Waals surface area (Å²) < 4.78 is 47.2. The Morgan fingerprint density at radius 2 is 1.95 bits per heavy atom. The van der Waals surface area contributed by atoms with Gasteiger partial charge in [-0.1, -0.05) is 17.7 Å². The average Bonchev–Trinajstić information content (AvgIpc) is 3.45.